The molecule has 0 aromatic carbocycles. The highest BCUT2D eigenvalue weighted by Crippen LogP contribution is 2.07. The Bertz CT molecular complexity index is 274. The molecule has 4 nitrogen and oxygen atoms in total. The fourth-order valence-corrected chi connectivity index (χ4v) is 1.58. The van der Waals surface area contributed by atoms with Crippen molar-refractivity contribution in [2.45, 2.75) is 19.1 Å². The second kappa shape index (κ2) is 5.68. The monoisotopic (exact) mass is 210 g/mol. The van der Waals surface area contributed by atoms with Crippen LogP contribution in [0, 0.1) is 0 Å². The van der Waals surface area contributed by atoms with Gasteiger partial charge in [-0.2, -0.15) is 0 Å². The van der Waals surface area contributed by atoms with Gasteiger partial charge in [-0.3, -0.25) is 4.79 Å². The summed E-state index contributed by atoms with van der Waals surface area (Å²) in [5, 5.41) is 12.6. The van der Waals surface area contributed by atoms with Gasteiger partial charge in [0.25, 0.3) is 0 Å². The predicted octanol–water partition coefficient (Wildman–Crippen LogP) is -0.0902. The highest BCUT2D eigenvalue weighted by Gasteiger charge is 2.30. The molecule has 0 unspecified atom stereocenters. The van der Waals surface area contributed by atoms with Crippen LogP contribution in [0.15, 0.2) is 24.3 Å². The summed E-state index contributed by atoms with van der Waals surface area (Å²) in [7, 11) is 1.71. The Kier molecular flexibility index (Phi) is 4.52. The van der Waals surface area contributed by atoms with Gasteiger partial charge in [0.05, 0.1) is 12.1 Å². The Labute approximate surface area is 90.3 Å². The van der Waals surface area contributed by atoms with E-state index in [0.29, 0.717) is 13.1 Å². The number of β-amino-alcohol motifs (C(OH)–C–C–N with tert-alkyl or cyclic N) is 1. The van der Waals surface area contributed by atoms with E-state index in [2.05, 4.69) is 5.32 Å². The predicted molar refractivity (Wildman–Crippen MR) is 59.4 cm³/mol. The highest BCUT2D eigenvalue weighted by molar-refractivity contribution is 5.88. The zero-order valence-corrected chi connectivity index (χ0v) is 9.18. The number of hydrogen-bond donors (Lipinski definition) is 2. The Morgan fingerprint density at radius 2 is 2.20 bits per heavy atom. The van der Waals surface area contributed by atoms with Crippen LogP contribution in [0.2, 0.25) is 0 Å². The van der Waals surface area contributed by atoms with Gasteiger partial charge in [-0.25, -0.2) is 0 Å². The number of carbonyl (C=O) groups is 1. The average Bonchev–Trinajstić information content (AvgIpc) is 2.63. The van der Waals surface area contributed by atoms with E-state index in [1.54, 1.807) is 24.1 Å². The first kappa shape index (κ1) is 11.9. The summed E-state index contributed by atoms with van der Waals surface area (Å²) in [6.45, 7) is 3.10. The third-order valence-electron chi connectivity index (χ3n) is 2.54. The molecule has 0 aromatic rings. The molecule has 4 heteroatoms. The summed E-state index contributed by atoms with van der Waals surface area (Å²) in [5.74, 6) is -0.0825. The lowest BCUT2D eigenvalue weighted by molar-refractivity contribution is -0.128. The summed E-state index contributed by atoms with van der Waals surface area (Å²) in [6, 6.07) is -0.118. The summed E-state index contributed by atoms with van der Waals surface area (Å²) in [6.07, 6.45) is 6.40. The molecule has 1 amide bonds. The van der Waals surface area contributed by atoms with Crippen LogP contribution in [0.25, 0.3) is 0 Å². The van der Waals surface area contributed by atoms with E-state index in [0.717, 1.165) is 0 Å². The van der Waals surface area contributed by atoms with E-state index in [1.807, 2.05) is 13.0 Å². The Morgan fingerprint density at radius 3 is 2.73 bits per heavy atom. The van der Waals surface area contributed by atoms with Crippen LogP contribution in [0.4, 0.5) is 0 Å². The van der Waals surface area contributed by atoms with E-state index in [1.165, 1.54) is 6.08 Å². The number of rotatable bonds is 3. The second-order valence-corrected chi connectivity index (χ2v) is 3.63. The standard InChI is InChI=1S/C11H18N2O2/c1-3-4-5-6-11(15)13(2)9-7-12-8-10(9)14/h3-6,9-10,12,14H,7-8H2,1-2H3/b4-3+,6-5+/t9-,10-/m1/s1. The molecule has 1 saturated heterocycles. The van der Waals surface area contributed by atoms with Crippen LogP contribution < -0.4 is 5.32 Å². The second-order valence-electron chi connectivity index (χ2n) is 3.63. The SMILES string of the molecule is C/C=C/C=C/C(=O)N(C)[C@@H]1CNC[C@H]1O. The number of amides is 1. The molecule has 1 heterocycles. The number of aliphatic hydroxyl groups excluding tert-OH is 1. The molecule has 2 N–H and O–H groups in total. The zero-order chi connectivity index (χ0) is 11.3. The number of allylic oxidation sites excluding steroid dienone is 3. The van der Waals surface area contributed by atoms with Gasteiger partial charge < -0.3 is 15.3 Å². The van der Waals surface area contributed by atoms with Crippen molar-refractivity contribution in [3.05, 3.63) is 24.3 Å². The minimum atomic E-state index is -0.464. The zero-order valence-electron chi connectivity index (χ0n) is 9.18. The summed E-state index contributed by atoms with van der Waals surface area (Å²) >= 11 is 0. The third-order valence-corrected chi connectivity index (χ3v) is 2.54. The number of hydrogen-bond acceptors (Lipinski definition) is 3. The third kappa shape index (κ3) is 3.18. The van der Waals surface area contributed by atoms with Gasteiger partial charge in [0.15, 0.2) is 0 Å². The van der Waals surface area contributed by atoms with E-state index in [-0.39, 0.29) is 11.9 Å². The molecule has 2 atom stereocenters. The number of carbonyl (C=O) groups excluding carboxylic acids is 1. The molecule has 1 aliphatic rings. The lowest BCUT2D eigenvalue weighted by atomic mass is 10.2. The van der Waals surface area contributed by atoms with E-state index < -0.39 is 6.10 Å². The van der Waals surface area contributed by atoms with Crippen LogP contribution in [-0.2, 0) is 4.79 Å². The number of nitrogens with one attached hydrogen (secondary N) is 1. The van der Waals surface area contributed by atoms with E-state index >= 15 is 0 Å². The topological polar surface area (TPSA) is 52.6 Å². The Balaban J connectivity index is 2.52. The lowest BCUT2D eigenvalue weighted by Crippen LogP contribution is -2.43. The fraction of sp³-hybridized carbons (Fsp3) is 0.545. The Morgan fingerprint density at radius 1 is 1.47 bits per heavy atom. The average molecular weight is 210 g/mol. The Hall–Kier alpha value is -1.13. The van der Waals surface area contributed by atoms with Crippen LogP contribution in [0.3, 0.4) is 0 Å². The molecule has 1 aliphatic heterocycles. The van der Waals surface area contributed by atoms with Gasteiger partial charge in [0, 0.05) is 26.2 Å². The van der Waals surface area contributed by atoms with Crippen molar-refractivity contribution >= 4 is 5.91 Å². The first-order valence-corrected chi connectivity index (χ1v) is 5.11. The first-order chi connectivity index (χ1) is 7.16. The molecule has 0 spiro atoms. The van der Waals surface area contributed by atoms with E-state index in [9.17, 15) is 9.90 Å². The van der Waals surface area contributed by atoms with Gasteiger partial charge >= 0.3 is 0 Å². The van der Waals surface area contributed by atoms with Gasteiger partial charge in [0.1, 0.15) is 0 Å². The summed E-state index contributed by atoms with van der Waals surface area (Å²) in [5.41, 5.74) is 0. The molecular formula is C11H18N2O2. The molecule has 1 rings (SSSR count). The van der Waals surface area contributed by atoms with Crippen LogP contribution in [0.5, 0.6) is 0 Å². The molecule has 84 valence electrons. The van der Waals surface area contributed by atoms with Crippen molar-refractivity contribution in [1.82, 2.24) is 10.2 Å². The molecular weight excluding hydrogens is 192 g/mol. The van der Waals surface area contributed by atoms with Gasteiger partial charge in [-0.05, 0) is 6.92 Å². The van der Waals surface area contributed by atoms with Crippen molar-refractivity contribution in [2.24, 2.45) is 0 Å². The summed E-state index contributed by atoms with van der Waals surface area (Å²) in [4.78, 5) is 13.2. The van der Waals surface area contributed by atoms with Crippen LogP contribution >= 0.6 is 0 Å². The summed E-state index contributed by atoms with van der Waals surface area (Å²) < 4.78 is 0. The van der Waals surface area contributed by atoms with Crippen molar-refractivity contribution in [3.63, 3.8) is 0 Å². The minimum Gasteiger partial charge on any atom is -0.390 e. The molecule has 0 aliphatic carbocycles. The maximum atomic E-state index is 11.6. The molecule has 1 fully saturated rings. The first-order valence-electron chi connectivity index (χ1n) is 5.11. The highest BCUT2D eigenvalue weighted by atomic mass is 16.3. The van der Waals surface area contributed by atoms with E-state index in [4.69, 9.17) is 0 Å². The molecule has 0 bridgehead atoms. The number of nitrogens with zero attached hydrogens (tertiary/aromatic N) is 1. The van der Waals surface area contributed by atoms with Crippen molar-refractivity contribution in [3.8, 4) is 0 Å². The van der Waals surface area contributed by atoms with Crippen molar-refractivity contribution < 1.29 is 9.90 Å². The fourth-order valence-electron chi connectivity index (χ4n) is 1.58. The maximum Gasteiger partial charge on any atom is 0.246 e. The smallest absolute Gasteiger partial charge is 0.246 e. The van der Waals surface area contributed by atoms with Gasteiger partial charge in [-0.1, -0.05) is 18.2 Å². The van der Waals surface area contributed by atoms with Crippen molar-refractivity contribution in [1.29, 1.82) is 0 Å². The molecule has 0 aromatic heterocycles. The molecule has 0 radical (unpaired) electrons. The molecule has 15 heavy (non-hydrogen) atoms. The van der Waals surface area contributed by atoms with Gasteiger partial charge in [-0.15, -0.1) is 0 Å². The number of aliphatic hydroxyl groups is 1. The quantitative estimate of drug-likeness (QED) is 0.505. The largest absolute Gasteiger partial charge is 0.390 e. The molecule has 0 saturated carbocycles. The van der Waals surface area contributed by atoms with Gasteiger partial charge in [0.2, 0.25) is 5.91 Å². The maximum absolute atomic E-state index is 11.6. The lowest BCUT2D eigenvalue weighted by Gasteiger charge is -2.25. The van der Waals surface area contributed by atoms with Crippen LogP contribution in [0.1, 0.15) is 6.92 Å². The van der Waals surface area contributed by atoms with Crippen LogP contribution in [-0.4, -0.2) is 48.2 Å². The number of likely N-dealkylation sites (N-methyl/N-ethyl adjacent to an activating group) is 1. The minimum absolute atomic E-state index is 0.0825. The van der Waals surface area contributed by atoms with Crippen molar-refractivity contribution in [2.75, 3.05) is 20.1 Å². The normalized spacial score (nSPS) is 26.6.